The van der Waals surface area contributed by atoms with Gasteiger partial charge in [0.1, 0.15) is 11.6 Å². The second-order valence-electron chi connectivity index (χ2n) is 4.24. The fourth-order valence-corrected chi connectivity index (χ4v) is 1.72. The number of hydrogen-bond donors (Lipinski definition) is 3. The molecular weight excluding hydrogens is 290 g/mol. The van der Waals surface area contributed by atoms with E-state index in [-0.39, 0.29) is 11.8 Å². The molecule has 6 heteroatoms. The number of nitrogens with one attached hydrogen (secondary N) is 3. The topological polar surface area (TPSA) is 62.4 Å². The zero-order chi connectivity index (χ0) is 15.1. The molecule has 110 valence electrons. The Morgan fingerprint density at radius 2 is 1.43 bits per heavy atom. The number of rotatable bonds is 6. The van der Waals surface area contributed by atoms with Crippen LogP contribution >= 0.6 is 11.6 Å². The highest BCUT2D eigenvalue weighted by molar-refractivity contribution is 6.29. The van der Waals surface area contributed by atoms with Crippen LogP contribution in [0.4, 0.5) is 17.1 Å². The molecule has 5 nitrogen and oxygen atoms in total. The number of anilines is 3. The maximum absolute atomic E-state index is 11.1. The summed E-state index contributed by atoms with van der Waals surface area (Å²) in [5.74, 6) is 0.521. The van der Waals surface area contributed by atoms with Gasteiger partial charge in [0.25, 0.3) is 0 Å². The first-order chi connectivity index (χ1) is 10.2. The van der Waals surface area contributed by atoms with Crippen LogP contribution in [0.3, 0.4) is 0 Å². The Labute approximate surface area is 128 Å². The second kappa shape index (κ2) is 7.40. The van der Waals surface area contributed by atoms with Gasteiger partial charge in [0.05, 0.1) is 18.5 Å². The standard InChI is InChI=1S/C15H16ClN3O2/c1-21-14-8-6-13(7-9-14)19-18-12-4-2-11(3-5-12)17-15(20)10-16/h2-9,18-19H,10H2,1H3,(H,17,20). The van der Waals surface area contributed by atoms with Gasteiger partial charge in [0.15, 0.2) is 0 Å². The third-order valence-corrected chi connectivity index (χ3v) is 2.97. The van der Waals surface area contributed by atoms with Crippen LogP contribution in [0.1, 0.15) is 0 Å². The van der Waals surface area contributed by atoms with E-state index in [1.807, 2.05) is 36.4 Å². The van der Waals surface area contributed by atoms with Crippen molar-refractivity contribution < 1.29 is 9.53 Å². The van der Waals surface area contributed by atoms with Gasteiger partial charge in [-0.2, -0.15) is 0 Å². The Hall–Kier alpha value is -2.40. The summed E-state index contributed by atoms with van der Waals surface area (Å²) < 4.78 is 5.09. The van der Waals surface area contributed by atoms with Gasteiger partial charge in [-0.15, -0.1) is 11.6 Å². The van der Waals surface area contributed by atoms with Crippen LogP contribution in [-0.4, -0.2) is 18.9 Å². The van der Waals surface area contributed by atoms with E-state index in [4.69, 9.17) is 16.3 Å². The fourth-order valence-electron chi connectivity index (χ4n) is 1.65. The maximum atomic E-state index is 11.1. The molecule has 21 heavy (non-hydrogen) atoms. The molecule has 0 atom stereocenters. The van der Waals surface area contributed by atoms with Crippen molar-refractivity contribution in [2.75, 3.05) is 29.2 Å². The number of ether oxygens (including phenoxy) is 1. The number of halogens is 1. The third kappa shape index (κ3) is 4.57. The molecule has 0 saturated carbocycles. The van der Waals surface area contributed by atoms with Crippen molar-refractivity contribution in [1.82, 2.24) is 0 Å². The lowest BCUT2D eigenvalue weighted by molar-refractivity contribution is -0.113. The average Bonchev–Trinajstić information content (AvgIpc) is 2.54. The molecule has 0 aliphatic rings. The summed E-state index contributed by atoms with van der Waals surface area (Å²) in [6.45, 7) is 0. The Morgan fingerprint density at radius 3 is 1.90 bits per heavy atom. The molecule has 1 amide bonds. The minimum absolute atomic E-state index is 0.0565. The van der Waals surface area contributed by atoms with E-state index in [0.29, 0.717) is 5.69 Å². The largest absolute Gasteiger partial charge is 0.497 e. The lowest BCUT2D eigenvalue weighted by Gasteiger charge is -2.11. The van der Waals surface area contributed by atoms with Crippen molar-refractivity contribution in [3.8, 4) is 5.75 Å². The first kappa shape index (κ1) is 15.0. The first-order valence-electron chi connectivity index (χ1n) is 6.33. The molecule has 3 N–H and O–H groups in total. The van der Waals surface area contributed by atoms with E-state index in [0.717, 1.165) is 17.1 Å². The fraction of sp³-hybridized carbons (Fsp3) is 0.133. The van der Waals surface area contributed by atoms with E-state index >= 15 is 0 Å². The average molecular weight is 306 g/mol. The Morgan fingerprint density at radius 1 is 0.952 bits per heavy atom. The molecule has 0 bridgehead atoms. The highest BCUT2D eigenvalue weighted by Gasteiger charge is 2.00. The Balaban J connectivity index is 1.89. The number of methoxy groups -OCH3 is 1. The van der Waals surface area contributed by atoms with Gasteiger partial charge in [-0.05, 0) is 48.5 Å². The van der Waals surface area contributed by atoms with Crippen LogP contribution in [0.15, 0.2) is 48.5 Å². The lowest BCUT2D eigenvalue weighted by Crippen LogP contribution is -2.12. The van der Waals surface area contributed by atoms with Crippen molar-refractivity contribution in [3.05, 3.63) is 48.5 Å². The van der Waals surface area contributed by atoms with Gasteiger partial charge < -0.3 is 20.9 Å². The van der Waals surface area contributed by atoms with Crippen molar-refractivity contribution in [2.45, 2.75) is 0 Å². The van der Waals surface area contributed by atoms with E-state index in [9.17, 15) is 4.79 Å². The molecule has 0 spiro atoms. The number of alkyl halides is 1. The summed E-state index contributed by atoms with van der Waals surface area (Å²) in [6, 6.07) is 14.8. The summed E-state index contributed by atoms with van der Waals surface area (Å²) in [5, 5.41) is 2.67. The van der Waals surface area contributed by atoms with Crippen molar-refractivity contribution in [3.63, 3.8) is 0 Å². The molecule has 2 aromatic carbocycles. The number of hydrazine groups is 1. The number of hydrogen-bond acceptors (Lipinski definition) is 4. The summed E-state index contributed by atoms with van der Waals surface area (Å²) >= 11 is 5.43. The van der Waals surface area contributed by atoms with Crippen molar-refractivity contribution in [2.24, 2.45) is 0 Å². The maximum Gasteiger partial charge on any atom is 0.239 e. The third-order valence-electron chi connectivity index (χ3n) is 2.73. The van der Waals surface area contributed by atoms with Crippen molar-refractivity contribution >= 4 is 34.6 Å². The molecule has 0 radical (unpaired) electrons. The number of amides is 1. The van der Waals surface area contributed by atoms with E-state index in [2.05, 4.69) is 16.2 Å². The zero-order valence-electron chi connectivity index (χ0n) is 11.5. The minimum Gasteiger partial charge on any atom is -0.497 e. The molecule has 0 aliphatic heterocycles. The molecule has 0 aromatic heterocycles. The van der Waals surface area contributed by atoms with Gasteiger partial charge in [-0.1, -0.05) is 0 Å². The minimum atomic E-state index is -0.228. The molecule has 0 saturated heterocycles. The van der Waals surface area contributed by atoms with Crippen LogP contribution in [0.5, 0.6) is 5.75 Å². The van der Waals surface area contributed by atoms with Gasteiger partial charge in [-0.25, -0.2) is 0 Å². The van der Waals surface area contributed by atoms with Crippen LogP contribution in [0.25, 0.3) is 0 Å². The number of benzene rings is 2. The van der Waals surface area contributed by atoms with Gasteiger partial charge in [-0.3, -0.25) is 4.79 Å². The summed E-state index contributed by atoms with van der Waals surface area (Å²) in [7, 11) is 1.63. The van der Waals surface area contributed by atoms with Gasteiger partial charge >= 0.3 is 0 Å². The second-order valence-corrected chi connectivity index (χ2v) is 4.50. The monoisotopic (exact) mass is 305 g/mol. The van der Waals surface area contributed by atoms with E-state index in [1.165, 1.54) is 0 Å². The predicted molar refractivity (Wildman–Crippen MR) is 86.0 cm³/mol. The normalized spacial score (nSPS) is 9.81. The van der Waals surface area contributed by atoms with Crippen LogP contribution < -0.4 is 20.9 Å². The Kier molecular flexibility index (Phi) is 5.29. The van der Waals surface area contributed by atoms with Gasteiger partial charge in [0, 0.05) is 5.69 Å². The van der Waals surface area contributed by atoms with Crippen molar-refractivity contribution in [1.29, 1.82) is 0 Å². The number of carbonyl (C=O) groups is 1. The van der Waals surface area contributed by atoms with Gasteiger partial charge in [0.2, 0.25) is 5.91 Å². The first-order valence-corrected chi connectivity index (χ1v) is 6.86. The molecule has 0 aliphatic carbocycles. The molecule has 2 aromatic rings. The Bertz CT molecular complexity index is 585. The number of carbonyl (C=O) groups excluding carboxylic acids is 1. The quantitative estimate of drug-likeness (QED) is 0.566. The van der Waals surface area contributed by atoms with Crippen LogP contribution in [-0.2, 0) is 4.79 Å². The molecule has 0 unspecified atom stereocenters. The van der Waals surface area contributed by atoms with E-state index in [1.54, 1.807) is 19.2 Å². The summed E-state index contributed by atoms with van der Waals surface area (Å²) in [6.07, 6.45) is 0. The summed E-state index contributed by atoms with van der Waals surface area (Å²) in [5.41, 5.74) is 8.62. The SMILES string of the molecule is COc1ccc(NNc2ccc(NC(=O)CCl)cc2)cc1. The molecular formula is C15H16ClN3O2. The van der Waals surface area contributed by atoms with Crippen LogP contribution in [0, 0.1) is 0 Å². The predicted octanol–water partition coefficient (Wildman–Crippen LogP) is 3.31. The lowest BCUT2D eigenvalue weighted by atomic mass is 10.3. The highest BCUT2D eigenvalue weighted by atomic mass is 35.5. The van der Waals surface area contributed by atoms with E-state index < -0.39 is 0 Å². The smallest absolute Gasteiger partial charge is 0.239 e. The van der Waals surface area contributed by atoms with Crippen LogP contribution in [0.2, 0.25) is 0 Å². The molecule has 0 fully saturated rings. The molecule has 2 rings (SSSR count). The molecule has 0 heterocycles. The highest BCUT2D eigenvalue weighted by Crippen LogP contribution is 2.17. The summed E-state index contributed by atoms with van der Waals surface area (Å²) in [4.78, 5) is 11.1. The zero-order valence-corrected chi connectivity index (χ0v) is 12.3.